The van der Waals surface area contributed by atoms with E-state index in [4.69, 9.17) is 0 Å². The Morgan fingerprint density at radius 3 is 2.62 bits per heavy atom. The van der Waals surface area contributed by atoms with E-state index in [1.807, 2.05) is 7.05 Å². The zero-order chi connectivity index (χ0) is 19.3. The number of halogens is 1. The molecule has 1 unspecified atom stereocenters. The fourth-order valence-electron chi connectivity index (χ4n) is 4.26. The van der Waals surface area contributed by atoms with Gasteiger partial charge in [-0.3, -0.25) is 9.89 Å². The Morgan fingerprint density at radius 1 is 1.21 bits per heavy atom. The molecule has 6 heteroatoms. The number of rotatable bonds is 9. The lowest BCUT2D eigenvalue weighted by molar-refractivity contribution is 0.256. The van der Waals surface area contributed by atoms with Gasteiger partial charge in [-0.15, -0.1) is 24.0 Å². The van der Waals surface area contributed by atoms with Gasteiger partial charge in [0.1, 0.15) is 0 Å². The third-order valence-electron chi connectivity index (χ3n) is 6.36. The van der Waals surface area contributed by atoms with Gasteiger partial charge in [-0.1, -0.05) is 12.1 Å². The molecule has 162 valence electrons. The summed E-state index contributed by atoms with van der Waals surface area (Å²) in [5.74, 6) is 1.88. The molecule has 0 spiro atoms. The second kappa shape index (κ2) is 10.8. The number of hydrogen-bond acceptors (Lipinski definition) is 3. The average Bonchev–Trinajstić information content (AvgIpc) is 3.65. The van der Waals surface area contributed by atoms with E-state index in [-0.39, 0.29) is 30.0 Å². The summed E-state index contributed by atoms with van der Waals surface area (Å²) in [6.45, 7) is 7.99. The van der Waals surface area contributed by atoms with Crippen LogP contribution in [0, 0.1) is 5.92 Å². The molecule has 1 aromatic carbocycles. The first kappa shape index (κ1) is 22.7. The highest BCUT2D eigenvalue weighted by Crippen LogP contribution is 2.34. The molecule has 3 aliphatic rings. The highest BCUT2D eigenvalue weighted by molar-refractivity contribution is 14.0. The monoisotopic (exact) mass is 511 g/mol. The molecular weight excluding hydrogens is 473 g/mol. The van der Waals surface area contributed by atoms with Crippen molar-refractivity contribution in [3.8, 4) is 0 Å². The van der Waals surface area contributed by atoms with Crippen LogP contribution in [0.3, 0.4) is 0 Å². The van der Waals surface area contributed by atoms with Crippen molar-refractivity contribution in [3.63, 3.8) is 0 Å². The Morgan fingerprint density at radius 2 is 1.97 bits per heavy atom. The lowest BCUT2D eigenvalue weighted by Crippen LogP contribution is -2.43. The largest absolute Gasteiger partial charge is 0.372 e. The van der Waals surface area contributed by atoms with Gasteiger partial charge < -0.3 is 15.5 Å². The van der Waals surface area contributed by atoms with Gasteiger partial charge in [0.2, 0.25) is 0 Å². The zero-order valence-electron chi connectivity index (χ0n) is 18.1. The Bertz CT molecular complexity index is 665. The molecule has 4 rings (SSSR count). The number of nitrogens with one attached hydrogen (secondary N) is 2. The SMILES string of the molecule is CN=C(NCCN(CC1CC1)C1CC1)NC(C)c1cccc(N2CCCC2)c1.I. The normalized spacial score (nSPS) is 20.5. The molecule has 0 amide bonds. The number of anilines is 1. The molecule has 0 radical (unpaired) electrons. The molecule has 2 N–H and O–H groups in total. The molecular formula is C23H38IN5. The van der Waals surface area contributed by atoms with E-state index in [1.54, 1.807) is 0 Å². The number of hydrogen-bond donors (Lipinski definition) is 2. The zero-order valence-corrected chi connectivity index (χ0v) is 20.4. The van der Waals surface area contributed by atoms with E-state index in [1.165, 1.54) is 69.4 Å². The van der Waals surface area contributed by atoms with Gasteiger partial charge in [-0.25, -0.2) is 0 Å². The molecule has 2 aliphatic carbocycles. The van der Waals surface area contributed by atoms with Crippen molar-refractivity contribution < 1.29 is 0 Å². The van der Waals surface area contributed by atoms with Crippen LogP contribution >= 0.6 is 24.0 Å². The minimum atomic E-state index is 0. The first-order valence-corrected chi connectivity index (χ1v) is 11.3. The van der Waals surface area contributed by atoms with Gasteiger partial charge in [0.15, 0.2) is 5.96 Å². The van der Waals surface area contributed by atoms with E-state index in [9.17, 15) is 0 Å². The lowest BCUT2D eigenvalue weighted by atomic mass is 10.1. The highest BCUT2D eigenvalue weighted by atomic mass is 127. The molecule has 0 bridgehead atoms. The summed E-state index contributed by atoms with van der Waals surface area (Å²) in [6.07, 6.45) is 8.29. The summed E-state index contributed by atoms with van der Waals surface area (Å²) in [5, 5.41) is 7.11. The van der Waals surface area contributed by atoms with Crippen molar-refractivity contribution in [2.45, 2.75) is 57.5 Å². The highest BCUT2D eigenvalue weighted by Gasteiger charge is 2.33. The van der Waals surface area contributed by atoms with Crippen molar-refractivity contribution in [3.05, 3.63) is 29.8 Å². The third-order valence-corrected chi connectivity index (χ3v) is 6.36. The summed E-state index contributed by atoms with van der Waals surface area (Å²) in [6, 6.07) is 10.1. The summed E-state index contributed by atoms with van der Waals surface area (Å²) >= 11 is 0. The molecule has 1 aromatic rings. The van der Waals surface area contributed by atoms with Gasteiger partial charge >= 0.3 is 0 Å². The van der Waals surface area contributed by atoms with Crippen LogP contribution in [0.2, 0.25) is 0 Å². The summed E-state index contributed by atoms with van der Waals surface area (Å²) in [7, 11) is 1.87. The summed E-state index contributed by atoms with van der Waals surface area (Å²) in [5.41, 5.74) is 2.67. The molecule has 29 heavy (non-hydrogen) atoms. The van der Waals surface area contributed by atoms with Gasteiger partial charge in [0.25, 0.3) is 0 Å². The maximum absolute atomic E-state index is 4.45. The fraction of sp³-hybridized carbons (Fsp3) is 0.696. The number of aliphatic imine (C=N–C) groups is 1. The van der Waals surface area contributed by atoms with E-state index >= 15 is 0 Å². The van der Waals surface area contributed by atoms with Crippen molar-refractivity contribution >= 4 is 35.6 Å². The number of nitrogens with zero attached hydrogens (tertiary/aromatic N) is 3. The van der Waals surface area contributed by atoms with Crippen LogP contribution in [0.1, 0.15) is 57.1 Å². The van der Waals surface area contributed by atoms with Gasteiger partial charge in [-0.2, -0.15) is 0 Å². The second-order valence-corrected chi connectivity index (χ2v) is 8.82. The Hall–Kier alpha value is -1.02. The van der Waals surface area contributed by atoms with Crippen LogP contribution in [-0.2, 0) is 0 Å². The Balaban J connectivity index is 0.00000240. The number of benzene rings is 1. The first-order valence-electron chi connectivity index (χ1n) is 11.3. The number of guanidine groups is 1. The van der Waals surface area contributed by atoms with E-state index in [0.717, 1.165) is 31.0 Å². The Labute approximate surface area is 193 Å². The van der Waals surface area contributed by atoms with E-state index in [2.05, 4.69) is 56.6 Å². The smallest absolute Gasteiger partial charge is 0.191 e. The van der Waals surface area contributed by atoms with Crippen molar-refractivity contribution in [2.24, 2.45) is 10.9 Å². The predicted molar refractivity (Wildman–Crippen MR) is 134 cm³/mol. The maximum Gasteiger partial charge on any atom is 0.191 e. The Kier molecular flexibility index (Phi) is 8.47. The lowest BCUT2D eigenvalue weighted by Gasteiger charge is -2.24. The van der Waals surface area contributed by atoms with Gasteiger partial charge in [0, 0.05) is 51.5 Å². The molecule has 5 nitrogen and oxygen atoms in total. The topological polar surface area (TPSA) is 42.9 Å². The molecule has 3 fully saturated rings. The molecule has 0 aromatic heterocycles. The molecule has 1 aliphatic heterocycles. The molecule has 1 atom stereocenters. The quantitative estimate of drug-likeness (QED) is 0.299. The van der Waals surface area contributed by atoms with Crippen molar-refractivity contribution in [1.82, 2.24) is 15.5 Å². The van der Waals surface area contributed by atoms with Crippen LogP contribution < -0.4 is 15.5 Å². The standard InChI is InChI=1S/C23H37N5.HI/c1-18(20-6-5-7-22(16-20)27-13-3-4-14-27)26-23(24-2)25-12-15-28(21-10-11-21)17-19-8-9-19;/h5-7,16,18-19,21H,3-4,8-15,17H2,1-2H3,(H2,24,25,26);1H. The minimum Gasteiger partial charge on any atom is -0.372 e. The summed E-state index contributed by atoms with van der Waals surface area (Å²) in [4.78, 5) is 9.64. The van der Waals surface area contributed by atoms with Crippen LogP contribution in [0.5, 0.6) is 0 Å². The summed E-state index contributed by atoms with van der Waals surface area (Å²) < 4.78 is 0. The van der Waals surface area contributed by atoms with Crippen molar-refractivity contribution in [2.75, 3.05) is 44.7 Å². The predicted octanol–water partition coefficient (Wildman–Crippen LogP) is 4.01. The van der Waals surface area contributed by atoms with Crippen LogP contribution in [0.25, 0.3) is 0 Å². The van der Waals surface area contributed by atoms with E-state index < -0.39 is 0 Å². The third kappa shape index (κ3) is 6.74. The van der Waals surface area contributed by atoms with Gasteiger partial charge in [-0.05, 0) is 69.1 Å². The fourth-order valence-corrected chi connectivity index (χ4v) is 4.26. The molecule has 1 heterocycles. The molecule has 2 saturated carbocycles. The molecule has 1 saturated heterocycles. The first-order chi connectivity index (χ1) is 13.7. The second-order valence-electron chi connectivity index (χ2n) is 8.82. The van der Waals surface area contributed by atoms with Crippen molar-refractivity contribution in [1.29, 1.82) is 0 Å². The van der Waals surface area contributed by atoms with Gasteiger partial charge in [0.05, 0.1) is 6.04 Å². The minimum absolute atomic E-state index is 0. The van der Waals surface area contributed by atoms with E-state index in [0.29, 0.717) is 0 Å². The van der Waals surface area contributed by atoms with Crippen LogP contribution in [0.4, 0.5) is 5.69 Å². The average molecular weight is 511 g/mol. The van der Waals surface area contributed by atoms with Crippen LogP contribution in [0.15, 0.2) is 29.3 Å². The van der Waals surface area contributed by atoms with Crippen LogP contribution in [-0.4, -0.2) is 56.7 Å². The maximum atomic E-state index is 4.45.